The number of Topliss-reactive ketones (excluding diaryl/α,β-unsaturated/α-hetero) is 1. The Hall–Kier alpha value is -2.03. The van der Waals surface area contributed by atoms with Crippen molar-refractivity contribution in [1.82, 2.24) is 4.57 Å². The van der Waals surface area contributed by atoms with E-state index in [1.165, 1.54) is 11.1 Å². The molecule has 0 N–H and O–H groups in total. The summed E-state index contributed by atoms with van der Waals surface area (Å²) in [6.07, 6.45) is 6.49. The lowest BCUT2D eigenvalue weighted by atomic mass is 10.1. The molecule has 0 atom stereocenters. The standard InChI is InChI=1S/C17H19NO2/c1-2-16(19)15-6-9-18(12-15)8-5-13-3-4-17-14(11-13)7-10-20-17/h3-4,6,9,11-12H,2,5,7-8,10H2,1H3. The summed E-state index contributed by atoms with van der Waals surface area (Å²) in [6.45, 7) is 3.60. The number of benzene rings is 1. The molecule has 0 fully saturated rings. The molecule has 1 aromatic heterocycles. The number of carbonyl (C=O) groups is 1. The number of ketones is 1. The van der Waals surface area contributed by atoms with Crippen LogP contribution in [0.3, 0.4) is 0 Å². The van der Waals surface area contributed by atoms with Crippen LogP contribution in [0.5, 0.6) is 5.75 Å². The molecule has 1 aliphatic rings. The van der Waals surface area contributed by atoms with E-state index >= 15 is 0 Å². The van der Waals surface area contributed by atoms with Gasteiger partial charge in [-0.3, -0.25) is 4.79 Å². The molecule has 1 aliphatic heterocycles. The van der Waals surface area contributed by atoms with E-state index in [-0.39, 0.29) is 5.78 Å². The lowest BCUT2D eigenvalue weighted by molar-refractivity contribution is 0.0988. The van der Waals surface area contributed by atoms with Gasteiger partial charge >= 0.3 is 0 Å². The van der Waals surface area contributed by atoms with Gasteiger partial charge in [0.1, 0.15) is 5.75 Å². The Kier molecular flexibility index (Phi) is 3.59. The lowest BCUT2D eigenvalue weighted by Gasteiger charge is -2.05. The molecule has 0 saturated carbocycles. The molecule has 3 nitrogen and oxygen atoms in total. The van der Waals surface area contributed by atoms with Crippen molar-refractivity contribution in [1.29, 1.82) is 0 Å². The van der Waals surface area contributed by atoms with E-state index in [0.29, 0.717) is 6.42 Å². The van der Waals surface area contributed by atoms with Gasteiger partial charge in [0, 0.05) is 37.3 Å². The Morgan fingerprint density at radius 1 is 1.35 bits per heavy atom. The van der Waals surface area contributed by atoms with Crippen LogP contribution in [0.4, 0.5) is 0 Å². The molecule has 3 rings (SSSR count). The summed E-state index contributed by atoms with van der Waals surface area (Å²) in [5, 5.41) is 0. The average Bonchev–Trinajstić information content (AvgIpc) is 3.12. The van der Waals surface area contributed by atoms with E-state index in [0.717, 1.165) is 37.3 Å². The highest BCUT2D eigenvalue weighted by Crippen LogP contribution is 2.26. The van der Waals surface area contributed by atoms with Crippen LogP contribution in [0.25, 0.3) is 0 Å². The number of aromatic nitrogens is 1. The molecule has 0 radical (unpaired) electrons. The second-order valence-corrected chi connectivity index (χ2v) is 5.21. The third-order valence-corrected chi connectivity index (χ3v) is 3.81. The second kappa shape index (κ2) is 5.53. The lowest BCUT2D eigenvalue weighted by Crippen LogP contribution is -2.00. The average molecular weight is 269 g/mol. The Labute approximate surface area is 119 Å². The molecule has 2 heterocycles. The van der Waals surface area contributed by atoms with Gasteiger partial charge < -0.3 is 9.30 Å². The summed E-state index contributed by atoms with van der Waals surface area (Å²) < 4.78 is 7.61. The highest BCUT2D eigenvalue weighted by atomic mass is 16.5. The van der Waals surface area contributed by atoms with E-state index in [1.807, 2.05) is 25.4 Å². The fraction of sp³-hybridized carbons (Fsp3) is 0.353. The number of fused-ring (bicyclic) bond motifs is 1. The molecule has 0 unspecified atom stereocenters. The van der Waals surface area contributed by atoms with Gasteiger partial charge in [0.15, 0.2) is 5.78 Å². The van der Waals surface area contributed by atoms with Crippen molar-refractivity contribution in [2.75, 3.05) is 6.61 Å². The summed E-state index contributed by atoms with van der Waals surface area (Å²) in [6, 6.07) is 8.34. The molecule has 0 bridgehead atoms. The number of aryl methyl sites for hydroxylation is 2. The summed E-state index contributed by atoms with van der Waals surface area (Å²) in [5.74, 6) is 1.24. The maximum Gasteiger partial charge on any atom is 0.164 e. The van der Waals surface area contributed by atoms with E-state index in [1.54, 1.807) is 0 Å². The summed E-state index contributed by atoms with van der Waals surface area (Å²) >= 11 is 0. The van der Waals surface area contributed by atoms with Crippen molar-refractivity contribution in [3.63, 3.8) is 0 Å². The quantitative estimate of drug-likeness (QED) is 0.780. The van der Waals surface area contributed by atoms with Gasteiger partial charge in [0.25, 0.3) is 0 Å². The minimum absolute atomic E-state index is 0.207. The summed E-state index contributed by atoms with van der Waals surface area (Å²) in [7, 11) is 0. The van der Waals surface area contributed by atoms with Crippen molar-refractivity contribution in [3.8, 4) is 5.75 Å². The first kappa shape index (κ1) is 13.0. The first-order chi connectivity index (χ1) is 9.76. The number of carbonyl (C=O) groups excluding carboxylic acids is 1. The smallest absolute Gasteiger partial charge is 0.164 e. The number of ether oxygens (including phenoxy) is 1. The van der Waals surface area contributed by atoms with Gasteiger partial charge in [-0.25, -0.2) is 0 Å². The molecular weight excluding hydrogens is 250 g/mol. The molecule has 1 aromatic carbocycles. The van der Waals surface area contributed by atoms with Crippen LogP contribution in [-0.2, 0) is 19.4 Å². The molecule has 0 saturated heterocycles. The van der Waals surface area contributed by atoms with Crippen molar-refractivity contribution in [2.45, 2.75) is 32.7 Å². The number of hydrogen-bond acceptors (Lipinski definition) is 2. The van der Waals surface area contributed by atoms with Gasteiger partial charge in [-0.05, 0) is 29.7 Å². The SMILES string of the molecule is CCC(=O)c1ccn(CCc2ccc3c(c2)CCO3)c1. The van der Waals surface area contributed by atoms with Gasteiger partial charge in [-0.1, -0.05) is 19.1 Å². The van der Waals surface area contributed by atoms with Crippen LogP contribution in [-0.4, -0.2) is 17.0 Å². The predicted octanol–water partition coefficient (Wildman–Crippen LogP) is 3.26. The van der Waals surface area contributed by atoms with E-state index in [9.17, 15) is 4.79 Å². The normalized spacial score (nSPS) is 13.1. The Morgan fingerprint density at radius 2 is 2.25 bits per heavy atom. The minimum atomic E-state index is 0.207. The van der Waals surface area contributed by atoms with Crippen molar-refractivity contribution in [2.24, 2.45) is 0 Å². The van der Waals surface area contributed by atoms with Gasteiger partial charge in [-0.15, -0.1) is 0 Å². The maximum atomic E-state index is 11.6. The molecular formula is C17H19NO2. The molecule has 0 spiro atoms. The number of rotatable bonds is 5. The monoisotopic (exact) mass is 269 g/mol. The number of nitrogens with zero attached hydrogens (tertiary/aromatic N) is 1. The maximum absolute atomic E-state index is 11.6. The zero-order valence-electron chi connectivity index (χ0n) is 11.8. The van der Waals surface area contributed by atoms with Crippen molar-refractivity contribution >= 4 is 5.78 Å². The van der Waals surface area contributed by atoms with Crippen LogP contribution in [0.15, 0.2) is 36.7 Å². The van der Waals surface area contributed by atoms with Gasteiger partial charge in [-0.2, -0.15) is 0 Å². The fourth-order valence-corrected chi connectivity index (χ4v) is 2.60. The van der Waals surface area contributed by atoms with Gasteiger partial charge in [0.2, 0.25) is 0 Å². The van der Waals surface area contributed by atoms with E-state index in [4.69, 9.17) is 4.74 Å². The fourth-order valence-electron chi connectivity index (χ4n) is 2.60. The molecule has 104 valence electrons. The molecule has 20 heavy (non-hydrogen) atoms. The Bertz CT molecular complexity index is 628. The first-order valence-electron chi connectivity index (χ1n) is 7.20. The topological polar surface area (TPSA) is 31.2 Å². The Balaban J connectivity index is 1.64. The zero-order chi connectivity index (χ0) is 13.9. The molecule has 0 amide bonds. The van der Waals surface area contributed by atoms with Crippen LogP contribution in [0.2, 0.25) is 0 Å². The zero-order valence-corrected chi connectivity index (χ0v) is 11.8. The van der Waals surface area contributed by atoms with E-state index in [2.05, 4.69) is 22.8 Å². The first-order valence-corrected chi connectivity index (χ1v) is 7.20. The third-order valence-electron chi connectivity index (χ3n) is 3.81. The van der Waals surface area contributed by atoms with Crippen LogP contribution in [0.1, 0.15) is 34.8 Å². The molecule has 2 aromatic rings. The van der Waals surface area contributed by atoms with Crippen LogP contribution < -0.4 is 4.74 Å². The van der Waals surface area contributed by atoms with Crippen molar-refractivity contribution < 1.29 is 9.53 Å². The predicted molar refractivity (Wildman–Crippen MR) is 78.4 cm³/mol. The molecule has 3 heteroatoms. The minimum Gasteiger partial charge on any atom is -0.493 e. The van der Waals surface area contributed by atoms with Crippen molar-refractivity contribution in [3.05, 3.63) is 53.3 Å². The highest BCUT2D eigenvalue weighted by Gasteiger charge is 2.12. The largest absolute Gasteiger partial charge is 0.493 e. The third kappa shape index (κ3) is 2.62. The Morgan fingerprint density at radius 3 is 3.10 bits per heavy atom. The summed E-state index contributed by atoms with van der Waals surface area (Å²) in [5.41, 5.74) is 3.46. The highest BCUT2D eigenvalue weighted by molar-refractivity contribution is 5.95. The summed E-state index contributed by atoms with van der Waals surface area (Å²) in [4.78, 5) is 11.6. The molecule has 0 aliphatic carbocycles. The van der Waals surface area contributed by atoms with Crippen LogP contribution in [0, 0.1) is 0 Å². The number of hydrogen-bond donors (Lipinski definition) is 0. The van der Waals surface area contributed by atoms with Crippen LogP contribution >= 0.6 is 0 Å². The van der Waals surface area contributed by atoms with E-state index < -0.39 is 0 Å². The van der Waals surface area contributed by atoms with Gasteiger partial charge in [0.05, 0.1) is 6.61 Å². The second-order valence-electron chi connectivity index (χ2n) is 5.21.